The Morgan fingerprint density at radius 1 is 1.18 bits per heavy atom. The van der Waals surface area contributed by atoms with E-state index in [1.165, 1.54) is 0 Å². The van der Waals surface area contributed by atoms with Crippen molar-refractivity contribution in [2.24, 2.45) is 0 Å². The van der Waals surface area contributed by atoms with Crippen molar-refractivity contribution in [1.29, 1.82) is 0 Å². The van der Waals surface area contributed by atoms with E-state index in [2.05, 4.69) is 21.7 Å². The first-order valence-corrected chi connectivity index (χ1v) is 11.7. The highest BCUT2D eigenvalue weighted by atomic mass is 16.7. The summed E-state index contributed by atoms with van der Waals surface area (Å²) in [6.45, 7) is 5.53. The first-order valence-electron chi connectivity index (χ1n) is 11.7. The normalized spacial score (nSPS) is 21.4. The van der Waals surface area contributed by atoms with Crippen LogP contribution in [0.15, 0.2) is 30.3 Å². The summed E-state index contributed by atoms with van der Waals surface area (Å²) < 4.78 is 14.3. The number of allylic oxidation sites excluding steroid dienone is 1. The van der Waals surface area contributed by atoms with Crippen molar-refractivity contribution in [3.05, 3.63) is 52.7 Å². The second-order valence-corrected chi connectivity index (χ2v) is 10.0. The fraction of sp³-hybridized carbons (Fsp3) is 0.333. The summed E-state index contributed by atoms with van der Waals surface area (Å²) in [7, 11) is 1.84. The number of ether oxygens (including phenoxy) is 2. The molecule has 4 heterocycles. The Balaban J connectivity index is 1.63. The van der Waals surface area contributed by atoms with E-state index in [1.807, 2.05) is 45.2 Å². The number of amides is 1. The van der Waals surface area contributed by atoms with Crippen molar-refractivity contribution in [2.75, 3.05) is 13.7 Å². The number of H-pyrrole nitrogens is 1. The number of aromatic amines is 1. The van der Waals surface area contributed by atoms with E-state index < -0.39 is 5.79 Å². The van der Waals surface area contributed by atoms with Crippen LogP contribution in [0.3, 0.4) is 0 Å². The van der Waals surface area contributed by atoms with E-state index in [-0.39, 0.29) is 17.8 Å². The first kappa shape index (κ1) is 20.0. The minimum absolute atomic E-state index is 0.00114. The number of nitrogens with zero attached hydrogens (tertiary/aromatic N) is 2. The van der Waals surface area contributed by atoms with Gasteiger partial charge in [-0.15, -0.1) is 0 Å². The molecule has 1 fully saturated rings. The predicted molar refractivity (Wildman–Crippen MR) is 130 cm³/mol. The maximum absolute atomic E-state index is 13.4. The van der Waals surface area contributed by atoms with Crippen molar-refractivity contribution in [1.82, 2.24) is 14.5 Å². The van der Waals surface area contributed by atoms with Crippen LogP contribution in [-0.2, 0) is 22.6 Å². The Hall–Kier alpha value is -3.42. The van der Waals surface area contributed by atoms with Crippen LogP contribution in [0.2, 0.25) is 0 Å². The van der Waals surface area contributed by atoms with Crippen molar-refractivity contribution < 1.29 is 19.1 Å². The highest BCUT2D eigenvalue weighted by molar-refractivity contribution is 6.28. The smallest absolute Gasteiger partial charge is 0.254 e. The summed E-state index contributed by atoms with van der Waals surface area (Å²) in [5.74, 6) is -0.565. The van der Waals surface area contributed by atoms with Crippen LogP contribution in [0.5, 0.6) is 0 Å². The van der Waals surface area contributed by atoms with Gasteiger partial charge in [0.1, 0.15) is 6.10 Å². The molecule has 0 saturated carbocycles. The Morgan fingerprint density at radius 2 is 2.00 bits per heavy atom. The number of hydrogen-bond donors (Lipinski definition) is 1. The number of fused-ring (bicyclic) bond motifs is 10. The Kier molecular flexibility index (Phi) is 3.87. The largest absolute Gasteiger partial charge is 0.350 e. The lowest BCUT2D eigenvalue weighted by molar-refractivity contribution is -0.139. The zero-order valence-corrected chi connectivity index (χ0v) is 19.4. The van der Waals surface area contributed by atoms with Crippen molar-refractivity contribution >= 4 is 50.5 Å². The SMILES string of the molecule is CN1Cc2c(c3c4c([nH]c3c3c2c2ccccc2n3CC2COC(C)(C)O2)C(=O)CC=C4)C1=O. The van der Waals surface area contributed by atoms with E-state index >= 15 is 0 Å². The quantitative estimate of drug-likeness (QED) is 0.479. The third kappa shape index (κ3) is 2.54. The van der Waals surface area contributed by atoms with Crippen molar-refractivity contribution in [3.63, 3.8) is 0 Å². The number of carbonyl (C=O) groups is 2. The van der Waals surface area contributed by atoms with Gasteiger partial charge in [-0.1, -0.05) is 30.4 Å². The Labute approximate surface area is 195 Å². The average molecular weight is 456 g/mol. The molecule has 1 aliphatic carbocycles. The summed E-state index contributed by atoms with van der Waals surface area (Å²) in [5.41, 5.74) is 6.10. The zero-order chi connectivity index (χ0) is 23.4. The number of rotatable bonds is 2. The third-order valence-corrected chi connectivity index (χ3v) is 7.38. The molecule has 172 valence electrons. The summed E-state index contributed by atoms with van der Waals surface area (Å²) in [6.07, 6.45) is 4.13. The fourth-order valence-corrected chi connectivity index (χ4v) is 6.01. The molecular weight excluding hydrogens is 430 g/mol. The minimum Gasteiger partial charge on any atom is -0.350 e. The molecule has 2 aromatic heterocycles. The second-order valence-electron chi connectivity index (χ2n) is 10.0. The molecular formula is C27H25N3O4. The van der Waals surface area contributed by atoms with Crippen LogP contribution in [0, 0.1) is 0 Å². The number of aromatic nitrogens is 2. The van der Waals surface area contributed by atoms with Gasteiger partial charge in [-0.25, -0.2) is 0 Å². The summed E-state index contributed by atoms with van der Waals surface area (Å²) >= 11 is 0. The third-order valence-electron chi connectivity index (χ3n) is 7.38. The number of hydrogen-bond acceptors (Lipinski definition) is 4. The van der Waals surface area contributed by atoms with Gasteiger partial charge in [0.15, 0.2) is 11.6 Å². The average Bonchev–Trinajstić information content (AvgIpc) is 3.52. The zero-order valence-electron chi connectivity index (χ0n) is 19.4. The molecule has 7 nitrogen and oxygen atoms in total. The van der Waals surface area contributed by atoms with Gasteiger partial charge in [-0.3, -0.25) is 9.59 Å². The lowest BCUT2D eigenvalue weighted by Gasteiger charge is -2.18. The molecule has 0 spiro atoms. The molecule has 34 heavy (non-hydrogen) atoms. The van der Waals surface area contributed by atoms with Crippen molar-refractivity contribution in [3.8, 4) is 0 Å². The molecule has 1 saturated heterocycles. The van der Waals surface area contributed by atoms with E-state index in [0.717, 1.165) is 43.8 Å². The van der Waals surface area contributed by atoms with Gasteiger partial charge < -0.3 is 23.9 Å². The number of benzene rings is 2. The Bertz CT molecular complexity index is 1600. The van der Waals surface area contributed by atoms with Crippen LogP contribution in [0.1, 0.15) is 52.2 Å². The van der Waals surface area contributed by atoms with Gasteiger partial charge in [0, 0.05) is 47.3 Å². The number of Topliss-reactive ketones (excluding diaryl/α,β-unsaturated/α-hetero) is 1. The minimum atomic E-state index is -0.613. The first-order chi connectivity index (χ1) is 16.3. The van der Waals surface area contributed by atoms with Crippen LogP contribution in [-0.4, -0.2) is 51.7 Å². The van der Waals surface area contributed by atoms with Gasteiger partial charge in [0.25, 0.3) is 5.91 Å². The van der Waals surface area contributed by atoms with Gasteiger partial charge in [0.2, 0.25) is 0 Å². The van der Waals surface area contributed by atoms with E-state index in [0.29, 0.717) is 37.4 Å². The predicted octanol–water partition coefficient (Wildman–Crippen LogP) is 4.61. The highest BCUT2D eigenvalue weighted by Crippen LogP contribution is 2.45. The molecule has 2 aromatic carbocycles. The second kappa shape index (κ2) is 6.58. The summed E-state index contributed by atoms with van der Waals surface area (Å²) in [4.78, 5) is 31.4. The molecule has 2 aliphatic heterocycles. The van der Waals surface area contributed by atoms with Gasteiger partial charge in [-0.05, 0) is 25.5 Å². The maximum atomic E-state index is 13.4. The lowest BCUT2D eigenvalue weighted by Crippen LogP contribution is -2.24. The molecule has 0 radical (unpaired) electrons. The standard InChI is InChI=1S/C27H25N3O4/c1-27(2)33-13-14(34-27)11-30-18-9-5-4-7-15(18)20-17-12-29(3)26(32)22(17)21-16-8-6-10-19(31)23(16)28-24(21)25(20)30/h4-9,14,28H,10-13H2,1-3H3. The van der Waals surface area contributed by atoms with Gasteiger partial charge in [0.05, 0.1) is 35.4 Å². The summed E-state index contributed by atoms with van der Waals surface area (Å²) in [5, 5.41) is 3.03. The Morgan fingerprint density at radius 3 is 2.79 bits per heavy atom. The molecule has 1 amide bonds. The van der Waals surface area contributed by atoms with Gasteiger partial charge in [-0.2, -0.15) is 0 Å². The highest BCUT2D eigenvalue weighted by Gasteiger charge is 2.37. The molecule has 1 unspecified atom stereocenters. The van der Waals surface area contributed by atoms with E-state index in [9.17, 15) is 9.59 Å². The van der Waals surface area contributed by atoms with Gasteiger partial charge >= 0.3 is 0 Å². The molecule has 4 aromatic rings. The summed E-state index contributed by atoms with van der Waals surface area (Å²) in [6, 6.07) is 8.30. The number of carbonyl (C=O) groups excluding carboxylic acids is 2. The maximum Gasteiger partial charge on any atom is 0.254 e. The van der Waals surface area contributed by atoms with E-state index in [4.69, 9.17) is 9.47 Å². The lowest BCUT2D eigenvalue weighted by atomic mass is 9.94. The molecule has 7 heteroatoms. The molecule has 3 aliphatic rings. The number of nitrogens with one attached hydrogen (secondary N) is 1. The van der Waals surface area contributed by atoms with Crippen LogP contribution in [0.4, 0.5) is 0 Å². The van der Waals surface area contributed by atoms with Crippen molar-refractivity contribution in [2.45, 2.75) is 45.2 Å². The van der Waals surface area contributed by atoms with Crippen LogP contribution >= 0.6 is 0 Å². The number of ketones is 1. The van der Waals surface area contributed by atoms with Crippen LogP contribution in [0.25, 0.3) is 38.8 Å². The fourth-order valence-electron chi connectivity index (χ4n) is 6.01. The molecule has 7 rings (SSSR count). The molecule has 1 atom stereocenters. The molecule has 0 bridgehead atoms. The van der Waals surface area contributed by atoms with Crippen LogP contribution < -0.4 is 0 Å². The van der Waals surface area contributed by atoms with E-state index in [1.54, 1.807) is 4.90 Å². The monoisotopic (exact) mass is 455 g/mol. The molecule has 1 N–H and O–H groups in total. The number of para-hydroxylation sites is 1. The topological polar surface area (TPSA) is 76.6 Å².